The maximum absolute atomic E-state index is 5.75. The molecule has 0 saturated carbocycles. The number of hydrogen-bond donors (Lipinski definition) is 1. The molecule has 0 radical (unpaired) electrons. The average Bonchev–Trinajstić information content (AvgIpc) is 2.05. The lowest BCUT2D eigenvalue weighted by atomic mass is 10.1. The van der Waals surface area contributed by atoms with E-state index in [0.717, 1.165) is 31.6 Å². The lowest BCUT2D eigenvalue weighted by Crippen LogP contribution is -2.24. The van der Waals surface area contributed by atoms with Crippen molar-refractivity contribution < 1.29 is 4.74 Å². The Morgan fingerprint density at radius 1 is 1.80 bits per heavy atom. The van der Waals surface area contributed by atoms with Gasteiger partial charge in [0.1, 0.15) is 5.76 Å². The molecule has 0 aromatic rings. The van der Waals surface area contributed by atoms with Crippen molar-refractivity contribution in [1.82, 2.24) is 0 Å². The van der Waals surface area contributed by atoms with Gasteiger partial charge in [-0.2, -0.15) is 0 Å². The van der Waals surface area contributed by atoms with Gasteiger partial charge < -0.3 is 10.5 Å². The van der Waals surface area contributed by atoms with Crippen molar-refractivity contribution in [2.45, 2.75) is 32.2 Å². The first-order valence-corrected chi connectivity index (χ1v) is 3.93. The first kappa shape index (κ1) is 7.61. The zero-order valence-corrected chi connectivity index (χ0v) is 6.47. The van der Waals surface area contributed by atoms with Crippen LogP contribution in [-0.2, 0) is 4.74 Å². The monoisotopic (exact) mass is 141 g/mol. The maximum Gasteiger partial charge on any atom is 0.109 e. The highest BCUT2D eigenvalue weighted by Gasteiger charge is 2.10. The lowest BCUT2D eigenvalue weighted by molar-refractivity contribution is 0.174. The molecule has 2 N–H and O–H groups in total. The van der Waals surface area contributed by atoms with Crippen molar-refractivity contribution >= 4 is 0 Å². The van der Waals surface area contributed by atoms with Crippen molar-refractivity contribution in [3.05, 3.63) is 11.8 Å². The summed E-state index contributed by atoms with van der Waals surface area (Å²) >= 11 is 0. The molecule has 1 unspecified atom stereocenters. The molecule has 10 heavy (non-hydrogen) atoms. The largest absolute Gasteiger partial charge is 0.497 e. The number of rotatable bonds is 2. The number of nitrogens with two attached hydrogens (primary N) is 1. The van der Waals surface area contributed by atoms with Crippen LogP contribution in [0.5, 0.6) is 0 Å². The standard InChI is InChI=1S/C8H15NO/c1-2-7(9)8-5-3-4-6-10-8/h5,7H,2-4,6,9H2,1H3. The topological polar surface area (TPSA) is 35.2 Å². The molecule has 0 saturated heterocycles. The van der Waals surface area contributed by atoms with Crippen LogP contribution < -0.4 is 5.73 Å². The van der Waals surface area contributed by atoms with E-state index in [4.69, 9.17) is 10.5 Å². The van der Waals surface area contributed by atoms with E-state index < -0.39 is 0 Å². The summed E-state index contributed by atoms with van der Waals surface area (Å²) in [7, 11) is 0. The average molecular weight is 141 g/mol. The summed E-state index contributed by atoms with van der Waals surface area (Å²) in [6.45, 7) is 2.92. The first-order chi connectivity index (χ1) is 4.84. The zero-order chi connectivity index (χ0) is 7.40. The molecule has 1 heterocycles. The normalized spacial score (nSPS) is 21.2. The quantitative estimate of drug-likeness (QED) is 0.631. The molecule has 1 atom stereocenters. The minimum absolute atomic E-state index is 0.125. The van der Waals surface area contributed by atoms with E-state index in [2.05, 4.69) is 13.0 Å². The molecular weight excluding hydrogens is 126 g/mol. The Morgan fingerprint density at radius 3 is 3.10 bits per heavy atom. The molecule has 0 fully saturated rings. The third-order valence-electron chi connectivity index (χ3n) is 1.77. The van der Waals surface area contributed by atoms with Gasteiger partial charge in [-0.3, -0.25) is 0 Å². The van der Waals surface area contributed by atoms with Crippen molar-refractivity contribution in [1.29, 1.82) is 0 Å². The fourth-order valence-electron chi connectivity index (χ4n) is 1.04. The Labute approximate surface area is 62.1 Å². The molecule has 2 nitrogen and oxygen atoms in total. The summed E-state index contributed by atoms with van der Waals surface area (Å²) in [5.41, 5.74) is 5.75. The van der Waals surface area contributed by atoms with Crippen LogP contribution in [0.15, 0.2) is 11.8 Å². The van der Waals surface area contributed by atoms with Crippen LogP contribution in [0.3, 0.4) is 0 Å². The Balaban J connectivity index is 2.44. The minimum atomic E-state index is 0.125. The van der Waals surface area contributed by atoms with E-state index >= 15 is 0 Å². The fourth-order valence-corrected chi connectivity index (χ4v) is 1.04. The maximum atomic E-state index is 5.75. The highest BCUT2D eigenvalue weighted by atomic mass is 16.5. The van der Waals surface area contributed by atoms with Gasteiger partial charge in [-0.15, -0.1) is 0 Å². The highest BCUT2D eigenvalue weighted by molar-refractivity contribution is 5.03. The summed E-state index contributed by atoms with van der Waals surface area (Å²) in [6.07, 6.45) is 5.34. The van der Waals surface area contributed by atoms with E-state index in [1.807, 2.05) is 0 Å². The third-order valence-corrected chi connectivity index (χ3v) is 1.77. The van der Waals surface area contributed by atoms with Gasteiger partial charge >= 0.3 is 0 Å². The van der Waals surface area contributed by atoms with E-state index in [0.29, 0.717) is 0 Å². The van der Waals surface area contributed by atoms with Crippen LogP contribution >= 0.6 is 0 Å². The SMILES string of the molecule is CCC(N)C1=CCCCO1. The zero-order valence-electron chi connectivity index (χ0n) is 6.47. The van der Waals surface area contributed by atoms with Gasteiger partial charge in [-0.25, -0.2) is 0 Å². The summed E-state index contributed by atoms with van der Waals surface area (Å²) in [5.74, 6) is 0.994. The lowest BCUT2D eigenvalue weighted by Gasteiger charge is -2.19. The van der Waals surface area contributed by atoms with Gasteiger partial charge in [0.15, 0.2) is 0 Å². The summed E-state index contributed by atoms with van der Waals surface area (Å²) in [5, 5.41) is 0. The number of ether oxygens (including phenoxy) is 1. The second kappa shape index (κ2) is 3.62. The van der Waals surface area contributed by atoms with Gasteiger partial charge in [-0.1, -0.05) is 6.92 Å². The van der Waals surface area contributed by atoms with Crippen LogP contribution in [-0.4, -0.2) is 12.6 Å². The molecule has 0 aromatic heterocycles. The van der Waals surface area contributed by atoms with Crippen LogP contribution in [0, 0.1) is 0 Å². The Bertz CT molecular complexity index is 131. The van der Waals surface area contributed by atoms with Crippen molar-refractivity contribution in [3.63, 3.8) is 0 Å². The predicted octanol–water partition coefficient (Wildman–Crippen LogP) is 1.42. The Morgan fingerprint density at radius 2 is 2.60 bits per heavy atom. The van der Waals surface area contributed by atoms with Crippen LogP contribution in [0.4, 0.5) is 0 Å². The molecule has 58 valence electrons. The molecule has 0 bridgehead atoms. The summed E-state index contributed by atoms with van der Waals surface area (Å²) in [4.78, 5) is 0. The molecule has 1 rings (SSSR count). The molecule has 0 aromatic carbocycles. The van der Waals surface area contributed by atoms with Gasteiger partial charge in [0.05, 0.1) is 12.6 Å². The molecule has 2 heteroatoms. The van der Waals surface area contributed by atoms with E-state index in [9.17, 15) is 0 Å². The third kappa shape index (κ3) is 1.74. The Kier molecular flexibility index (Phi) is 2.75. The predicted molar refractivity (Wildman–Crippen MR) is 41.5 cm³/mol. The molecular formula is C8H15NO. The molecule has 1 aliphatic heterocycles. The smallest absolute Gasteiger partial charge is 0.109 e. The molecule has 0 aliphatic carbocycles. The van der Waals surface area contributed by atoms with E-state index in [1.54, 1.807) is 0 Å². The van der Waals surface area contributed by atoms with Crippen LogP contribution in [0.1, 0.15) is 26.2 Å². The minimum Gasteiger partial charge on any atom is -0.497 e. The first-order valence-electron chi connectivity index (χ1n) is 3.93. The van der Waals surface area contributed by atoms with Crippen molar-refractivity contribution in [2.75, 3.05) is 6.61 Å². The fraction of sp³-hybridized carbons (Fsp3) is 0.750. The van der Waals surface area contributed by atoms with Gasteiger partial charge in [0, 0.05) is 0 Å². The molecule has 0 spiro atoms. The van der Waals surface area contributed by atoms with Gasteiger partial charge in [-0.05, 0) is 25.3 Å². The summed E-state index contributed by atoms with van der Waals surface area (Å²) < 4.78 is 5.37. The van der Waals surface area contributed by atoms with Gasteiger partial charge in [0.25, 0.3) is 0 Å². The number of allylic oxidation sites excluding steroid dienone is 1. The summed E-state index contributed by atoms with van der Waals surface area (Å²) in [6, 6.07) is 0.125. The van der Waals surface area contributed by atoms with Crippen molar-refractivity contribution in [3.8, 4) is 0 Å². The van der Waals surface area contributed by atoms with E-state index in [1.165, 1.54) is 0 Å². The van der Waals surface area contributed by atoms with Crippen molar-refractivity contribution in [2.24, 2.45) is 5.73 Å². The second-order valence-corrected chi connectivity index (χ2v) is 2.61. The Hall–Kier alpha value is -0.500. The highest BCUT2D eigenvalue weighted by Crippen LogP contribution is 2.13. The van der Waals surface area contributed by atoms with Crippen LogP contribution in [0.25, 0.3) is 0 Å². The van der Waals surface area contributed by atoms with Gasteiger partial charge in [0.2, 0.25) is 0 Å². The van der Waals surface area contributed by atoms with E-state index in [-0.39, 0.29) is 6.04 Å². The molecule has 1 aliphatic rings. The second-order valence-electron chi connectivity index (χ2n) is 2.61. The number of hydrogen-bond acceptors (Lipinski definition) is 2. The molecule has 0 amide bonds. The van der Waals surface area contributed by atoms with Crippen LogP contribution in [0.2, 0.25) is 0 Å².